The molecule has 6 heteroatoms. The van der Waals surface area contributed by atoms with Crippen molar-refractivity contribution < 1.29 is 4.74 Å². The van der Waals surface area contributed by atoms with Gasteiger partial charge >= 0.3 is 0 Å². The number of nitrogens with zero attached hydrogens (tertiary/aromatic N) is 1. The van der Waals surface area contributed by atoms with Crippen LogP contribution in [0, 0.1) is 0 Å². The molecule has 0 saturated carbocycles. The van der Waals surface area contributed by atoms with Crippen molar-refractivity contribution in [1.29, 1.82) is 0 Å². The van der Waals surface area contributed by atoms with E-state index in [1.807, 2.05) is 43.3 Å². The SMILES string of the molecule is C/C=C/c1ccccc1Oc1nc(NN)c(Cl)cc1Cl. The minimum absolute atomic E-state index is 0.237. The zero-order valence-electron chi connectivity index (χ0n) is 10.7. The number of hydrazine groups is 1. The Morgan fingerprint density at radius 2 is 2.00 bits per heavy atom. The second-order valence-corrected chi connectivity index (χ2v) is 4.70. The molecule has 4 nitrogen and oxygen atoms in total. The molecule has 0 spiro atoms. The molecule has 0 atom stereocenters. The van der Waals surface area contributed by atoms with Crippen LogP contribution >= 0.6 is 23.2 Å². The minimum atomic E-state index is 0.237. The molecule has 3 N–H and O–H groups in total. The normalized spacial score (nSPS) is 10.8. The van der Waals surface area contributed by atoms with Crippen LogP contribution in [0.3, 0.4) is 0 Å². The molecule has 0 aliphatic heterocycles. The largest absolute Gasteiger partial charge is 0.437 e. The molecule has 0 aliphatic carbocycles. The van der Waals surface area contributed by atoms with Crippen molar-refractivity contribution >= 4 is 35.1 Å². The van der Waals surface area contributed by atoms with Crippen LogP contribution in [0.25, 0.3) is 6.08 Å². The van der Waals surface area contributed by atoms with Crippen LogP contribution in [0.1, 0.15) is 12.5 Å². The molecule has 0 radical (unpaired) electrons. The third-order valence-electron chi connectivity index (χ3n) is 2.51. The van der Waals surface area contributed by atoms with Crippen molar-refractivity contribution in [3.8, 4) is 11.6 Å². The molecule has 0 amide bonds. The van der Waals surface area contributed by atoms with Crippen LogP contribution in [0.2, 0.25) is 10.0 Å². The lowest BCUT2D eigenvalue weighted by Crippen LogP contribution is -2.09. The van der Waals surface area contributed by atoms with Crippen LogP contribution in [0.15, 0.2) is 36.4 Å². The number of nitrogen functional groups attached to an aromatic ring is 1. The Labute approximate surface area is 127 Å². The van der Waals surface area contributed by atoms with E-state index in [1.54, 1.807) is 0 Å². The first-order valence-electron chi connectivity index (χ1n) is 5.88. The van der Waals surface area contributed by atoms with Gasteiger partial charge in [-0.2, -0.15) is 4.98 Å². The summed E-state index contributed by atoms with van der Waals surface area (Å²) < 4.78 is 5.74. The Bertz CT molecular complexity index is 644. The highest BCUT2D eigenvalue weighted by atomic mass is 35.5. The van der Waals surface area contributed by atoms with Gasteiger partial charge in [0.15, 0.2) is 5.82 Å². The van der Waals surface area contributed by atoms with Gasteiger partial charge in [-0.25, -0.2) is 5.84 Å². The number of ether oxygens (including phenoxy) is 1. The second-order valence-electron chi connectivity index (χ2n) is 3.89. The minimum Gasteiger partial charge on any atom is -0.437 e. The van der Waals surface area contributed by atoms with Crippen molar-refractivity contribution in [1.82, 2.24) is 4.98 Å². The maximum Gasteiger partial charge on any atom is 0.240 e. The summed E-state index contributed by atoms with van der Waals surface area (Å²) in [5.74, 6) is 6.52. The molecule has 0 bridgehead atoms. The van der Waals surface area contributed by atoms with E-state index in [1.165, 1.54) is 6.07 Å². The number of nitrogens with two attached hydrogens (primary N) is 1. The molecule has 20 heavy (non-hydrogen) atoms. The lowest BCUT2D eigenvalue weighted by Gasteiger charge is -2.11. The van der Waals surface area contributed by atoms with Gasteiger partial charge in [0.05, 0.1) is 5.02 Å². The van der Waals surface area contributed by atoms with E-state index < -0.39 is 0 Å². The van der Waals surface area contributed by atoms with Crippen molar-refractivity contribution in [2.75, 3.05) is 5.43 Å². The van der Waals surface area contributed by atoms with Crippen molar-refractivity contribution in [3.05, 3.63) is 52.0 Å². The van der Waals surface area contributed by atoms with Gasteiger partial charge in [-0.15, -0.1) is 0 Å². The predicted octanol–water partition coefficient (Wildman–Crippen LogP) is 4.50. The van der Waals surface area contributed by atoms with Crippen LogP contribution in [0.5, 0.6) is 11.6 Å². The Kier molecular flexibility index (Phi) is 4.84. The van der Waals surface area contributed by atoms with Gasteiger partial charge in [0, 0.05) is 5.56 Å². The maximum absolute atomic E-state index is 6.08. The van der Waals surface area contributed by atoms with E-state index in [0.717, 1.165) is 5.56 Å². The Morgan fingerprint density at radius 3 is 2.70 bits per heavy atom. The highest BCUT2D eigenvalue weighted by Crippen LogP contribution is 2.34. The summed E-state index contributed by atoms with van der Waals surface area (Å²) in [7, 11) is 0. The van der Waals surface area contributed by atoms with E-state index in [9.17, 15) is 0 Å². The van der Waals surface area contributed by atoms with Crippen molar-refractivity contribution in [2.45, 2.75) is 6.92 Å². The first-order valence-corrected chi connectivity index (χ1v) is 6.63. The summed E-state index contributed by atoms with van der Waals surface area (Å²) in [6.07, 6.45) is 3.85. The smallest absolute Gasteiger partial charge is 0.240 e. The molecular weight excluding hydrogens is 297 g/mol. The fraction of sp³-hybridized carbons (Fsp3) is 0.0714. The number of para-hydroxylation sites is 1. The summed E-state index contributed by atoms with van der Waals surface area (Å²) in [6.45, 7) is 1.93. The quantitative estimate of drug-likeness (QED) is 0.645. The highest BCUT2D eigenvalue weighted by Gasteiger charge is 2.11. The lowest BCUT2D eigenvalue weighted by atomic mass is 10.2. The van der Waals surface area contributed by atoms with Gasteiger partial charge in [0.1, 0.15) is 10.8 Å². The number of anilines is 1. The first kappa shape index (κ1) is 14.7. The molecular formula is C14H13Cl2N3O. The number of aromatic nitrogens is 1. The van der Waals surface area contributed by atoms with E-state index in [4.69, 9.17) is 33.8 Å². The standard InChI is InChI=1S/C14H13Cl2N3O/c1-2-5-9-6-3-4-7-12(9)20-14-11(16)8-10(15)13(18-14)19-17/h2-8H,17H2,1H3,(H,18,19)/b5-2+. The molecule has 0 unspecified atom stereocenters. The number of nitrogens with one attached hydrogen (secondary N) is 1. The van der Waals surface area contributed by atoms with Gasteiger partial charge in [-0.05, 0) is 19.1 Å². The summed E-state index contributed by atoms with van der Waals surface area (Å²) in [5.41, 5.74) is 3.31. The zero-order chi connectivity index (χ0) is 14.5. The second kappa shape index (κ2) is 6.61. The van der Waals surface area contributed by atoms with Crippen LogP contribution < -0.4 is 16.0 Å². The summed E-state index contributed by atoms with van der Waals surface area (Å²) in [6, 6.07) is 9.08. The number of rotatable bonds is 4. The predicted molar refractivity (Wildman–Crippen MR) is 83.3 cm³/mol. The Hall–Kier alpha value is -1.75. The molecule has 104 valence electrons. The average Bonchev–Trinajstić information content (AvgIpc) is 2.44. The Balaban J connectivity index is 2.40. The van der Waals surface area contributed by atoms with E-state index in [0.29, 0.717) is 21.6 Å². The third-order valence-corrected chi connectivity index (χ3v) is 3.06. The van der Waals surface area contributed by atoms with Gasteiger partial charge in [-0.3, -0.25) is 0 Å². The number of benzene rings is 1. The third kappa shape index (κ3) is 3.22. The highest BCUT2D eigenvalue weighted by molar-refractivity contribution is 6.36. The summed E-state index contributed by atoms with van der Waals surface area (Å²) in [5, 5.41) is 0.635. The average molecular weight is 310 g/mol. The van der Waals surface area contributed by atoms with E-state index in [-0.39, 0.29) is 5.88 Å². The van der Waals surface area contributed by atoms with Gasteiger partial charge in [0.25, 0.3) is 0 Å². The first-order chi connectivity index (χ1) is 9.65. The molecule has 0 aliphatic rings. The number of pyridine rings is 1. The molecule has 2 rings (SSSR count). The monoisotopic (exact) mass is 309 g/mol. The molecule has 0 fully saturated rings. The molecule has 1 aromatic carbocycles. The molecule has 2 aromatic rings. The van der Waals surface area contributed by atoms with Gasteiger partial charge in [0.2, 0.25) is 5.88 Å². The maximum atomic E-state index is 6.08. The van der Waals surface area contributed by atoms with Crippen LogP contribution in [0.4, 0.5) is 5.82 Å². The fourth-order valence-corrected chi connectivity index (χ4v) is 2.07. The van der Waals surface area contributed by atoms with Gasteiger partial charge in [-0.1, -0.05) is 53.6 Å². The van der Waals surface area contributed by atoms with Crippen molar-refractivity contribution in [2.24, 2.45) is 5.84 Å². The number of hydrogen-bond acceptors (Lipinski definition) is 4. The molecule has 1 aromatic heterocycles. The fourth-order valence-electron chi connectivity index (χ4n) is 1.62. The topological polar surface area (TPSA) is 60.2 Å². The van der Waals surface area contributed by atoms with Crippen molar-refractivity contribution in [3.63, 3.8) is 0 Å². The van der Waals surface area contributed by atoms with Crippen LogP contribution in [-0.4, -0.2) is 4.98 Å². The Morgan fingerprint density at radius 1 is 1.25 bits per heavy atom. The van der Waals surface area contributed by atoms with Crippen LogP contribution in [-0.2, 0) is 0 Å². The number of halogens is 2. The number of allylic oxidation sites excluding steroid dienone is 1. The lowest BCUT2D eigenvalue weighted by molar-refractivity contribution is 0.463. The van der Waals surface area contributed by atoms with Gasteiger partial charge < -0.3 is 10.2 Å². The summed E-state index contributed by atoms with van der Waals surface area (Å²) in [4.78, 5) is 4.14. The summed E-state index contributed by atoms with van der Waals surface area (Å²) >= 11 is 12.0. The zero-order valence-corrected chi connectivity index (χ0v) is 12.2. The van der Waals surface area contributed by atoms with E-state index in [2.05, 4.69) is 10.4 Å². The van der Waals surface area contributed by atoms with E-state index >= 15 is 0 Å². The number of hydrogen-bond donors (Lipinski definition) is 2. The molecule has 1 heterocycles. The molecule has 0 saturated heterocycles.